The number of rotatable bonds is 6. The Morgan fingerprint density at radius 3 is 1.59 bits per heavy atom. The Hall–Kier alpha value is -0.0530. The third-order valence-corrected chi connectivity index (χ3v) is 12.6. The molecule has 0 amide bonds. The van der Waals surface area contributed by atoms with Gasteiger partial charge in [-0.1, -0.05) is 0 Å². The van der Waals surface area contributed by atoms with Gasteiger partial charge in [-0.25, -0.2) is 0 Å². The summed E-state index contributed by atoms with van der Waals surface area (Å²) in [6, 6.07) is 11.2. The molecule has 0 N–H and O–H groups in total. The van der Waals surface area contributed by atoms with E-state index in [2.05, 4.69) is 85.3 Å². The third kappa shape index (κ3) is 4.97. The Kier molecular flexibility index (Phi) is 7.42. The molecule has 0 bridgehead atoms. The van der Waals surface area contributed by atoms with Gasteiger partial charge in [-0.3, -0.25) is 0 Å². The molecule has 0 aromatic heterocycles. The monoisotopic (exact) mass is 494 g/mol. The zero-order valence-electron chi connectivity index (χ0n) is 16.2. The number of allylic oxidation sites excluding steroid dienone is 1. The molecule has 0 heterocycles. The summed E-state index contributed by atoms with van der Waals surface area (Å²) < 4.78 is 9.51. The molecule has 1 aromatic rings. The number of hydrogen-bond acceptors (Lipinski definition) is 0. The standard InChI is InChI=1S/C17H26B.3CH3.Pb/c1-13(2)17(18(14(3)4)15(5)6)12-16-10-8-7-9-11-16;;;;/h7-11,13-15H,1-6H3;3*1H3;. The molecule has 0 saturated carbocycles. The first-order chi connectivity index (χ1) is 10.1. The van der Waals surface area contributed by atoms with Crippen LogP contribution in [0, 0.1) is 5.92 Å². The van der Waals surface area contributed by atoms with E-state index in [9.17, 15) is 0 Å². The van der Waals surface area contributed by atoms with Crippen LogP contribution in [0.5, 0.6) is 0 Å². The van der Waals surface area contributed by atoms with Crippen LogP contribution < -0.4 is 0 Å². The summed E-state index contributed by atoms with van der Waals surface area (Å²) in [5, 5.41) is 0. The van der Waals surface area contributed by atoms with Crippen molar-refractivity contribution in [2.75, 3.05) is 0 Å². The second kappa shape index (κ2) is 8.17. The van der Waals surface area contributed by atoms with Gasteiger partial charge in [-0.2, -0.15) is 0 Å². The average molecular weight is 494 g/mol. The molecule has 0 aliphatic rings. The predicted octanol–water partition coefficient (Wildman–Crippen LogP) is 6.83. The van der Waals surface area contributed by atoms with Crippen LogP contribution in [0.4, 0.5) is 0 Å². The van der Waals surface area contributed by atoms with Gasteiger partial charge in [0.05, 0.1) is 0 Å². The second-order valence-corrected chi connectivity index (χ2v) is 28.1. The fraction of sp³-hybridized carbons (Fsp3) is 0.600. The van der Waals surface area contributed by atoms with Crippen molar-refractivity contribution in [1.82, 2.24) is 0 Å². The van der Waals surface area contributed by atoms with Crippen LogP contribution in [0.2, 0.25) is 25.1 Å². The molecule has 0 atom stereocenters. The van der Waals surface area contributed by atoms with Gasteiger partial charge < -0.3 is 0 Å². The molecule has 0 saturated heterocycles. The Bertz CT molecular complexity index is 484. The molecular weight excluding hydrogens is 458 g/mol. The van der Waals surface area contributed by atoms with E-state index in [1.54, 1.807) is 8.60 Å². The molecule has 0 aliphatic heterocycles. The van der Waals surface area contributed by atoms with Gasteiger partial charge in [0.15, 0.2) is 0 Å². The number of benzene rings is 1. The molecular formula is C20H35BPb. The summed E-state index contributed by atoms with van der Waals surface area (Å²) in [5.74, 6) is 2.03. The van der Waals surface area contributed by atoms with E-state index in [0.29, 0.717) is 24.3 Å². The fourth-order valence-corrected chi connectivity index (χ4v) is 13.1. The molecule has 0 spiro atoms. The Labute approximate surface area is 144 Å². The van der Waals surface area contributed by atoms with Crippen molar-refractivity contribution in [1.29, 1.82) is 0 Å². The van der Waals surface area contributed by atoms with Crippen molar-refractivity contribution in [2.24, 2.45) is 5.92 Å². The maximum absolute atomic E-state index is 2.58. The summed E-state index contributed by atoms with van der Waals surface area (Å²) in [6.07, 6.45) is 0. The first-order valence-electron chi connectivity index (χ1n) is 8.87. The molecule has 0 unspecified atom stereocenters. The quantitative estimate of drug-likeness (QED) is 0.381. The Balaban J connectivity index is 3.69. The van der Waals surface area contributed by atoms with Crippen LogP contribution in [0.3, 0.4) is 0 Å². The molecule has 122 valence electrons. The molecule has 0 nitrogen and oxygen atoms in total. The zero-order chi connectivity index (χ0) is 17.1. The SMILES string of the molecule is CC(C)B(/C(=[C](/c1ccccc1)[Pb]([CH3])([CH3])[CH3])C(C)C)C(C)C. The van der Waals surface area contributed by atoms with E-state index in [4.69, 9.17) is 0 Å². The van der Waals surface area contributed by atoms with Gasteiger partial charge in [-0.15, -0.1) is 0 Å². The van der Waals surface area contributed by atoms with Crippen molar-refractivity contribution in [3.8, 4) is 0 Å². The van der Waals surface area contributed by atoms with E-state index in [0.717, 1.165) is 0 Å². The molecule has 0 fully saturated rings. The summed E-state index contributed by atoms with van der Waals surface area (Å²) in [4.78, 5) is 0. The van der Waals surface area contributed by atoms with Gasteiger partial charge in [0.25, 0.3) is 0 Å². The molecule has 2 heteroatoms. The van der Waals surface area contributed by atoms with Crippen LogP contribution in [-0.4, -0.2) is 27.9 Å². The second-order valence-electron chi connectivity index (χ2n) is 8.61. The van der Waals surface area contributed by atoms with E-state index < -0.39 is 21.2 Å². The summed E-state index contributed by atoms with van der Waals surface area (Å²) in [7, 11) is 0. The summed E-state index contributed by atoms with van der Waals surface area (Å²) >= 11 is -2.38. The molecule has 1 aromatic carbocycles. The van der Waals surface area contributed by atoms with E-state index >= 15 is 0 Å². The Morgan fingerprint density at radius 2 is 1.27 bits per heavy atom. The first-order valence-corrected chi connectivity index (χ1v) is 22.5. The van der Waals surface area contributed by atoms with Crippen molar-refractivity contribution in [3.63, 3.8) is 0 Å². The first kappa shape index (κ1) is 20.0. The van der Waals surface area contributed by atoms with E-state index in [1.165, 1.54) is 5.56 Å². The van der Waals surface area contributed by atoms with E-state index in [1.807, 2.05) is 0 Å². The van der Waals surface area contributed by atoms with Crippen molar-refractivity contribution in [2.45, 2.75) is 66.6 Å². The fourth-order valence-electron chi connectivity index (χ4n) is 3.97. The zero-order valence-corrected chi connectivity index (χ0v) is 20.1. The predicted molar refractivity (Wildman–Crippen MR) is 107 cm³/mol. The van der Waals surface area contributed by atoms with Gasteiger partial charge >= 0.3 is 145 Å². The van der Waals surface area contributed by atoms with Gasteiger partial charge in [0.1, 0.15) is 0 Å². The minimum atomic E-state index is -2.38. The van der Waals surface area contributed by atoms with Crippen LogP contribution in [0.25, 0.3) is 3.13 Å². The topological polar surface area (TPSA) is 0 Å². The summed E-state index contributed by atoms with van der Waals surface area (Å²) in [6.45, 7) is 15.1. The number of hydrogen-bond donors (Lipinski definition) is 0. The minimum absolute atomic E-state index is 0.629. The van der Waals surface area contributed by atoms with Crippen LogP contribution in [0.1, 0.15) is 47.1 Å². The average Bonchev–Trinajstić information content (AvgIpc) is 2.36. The van der Waals surface area contributed by atoms with Crippen molar-refractivity contribution in [3.05, 3.63) is 41.4 Å². The van der Waals surface area contributed by atoms with E-state index in [-0.39, 0.29) is 0 Å². The Morgan fingerprint density at radius 1 is 0.818 bits per heavy atom. The van der Waals surface area contributed by atoms with Gasteiger partial charge in [0.2, 0.25) is 0 Å². The normalized spacial score (nSPS) is 13.8. The van der Waals surface area contributed by atoms with Gasteiger partial charge in [0, 0.05) is 0 Å². The van der Waals surface area contributed by atoms with Crippen molar-refractivity contribution >= 4 is 31.0 Å². The summed E-state index contributed by atoms with van der Waals surface area (Å²) in [5.41, 5.74) is 3.25. The third-order valence-electron chi connectivity index (χ3n) is 4.52. The maximum atomic E-state index is 2.58. The molecule has 0 aliphatic carbocycles. The van der Waals surface area contributed by atoms with Crippen LogP contribution in [0.15, 0.2) is 35.8 Å². The van der Waals surface area contributed by atoms with Crippen LogP contribution in [-0.2, 0) is 0 Å². The molecule has 0 radical (unpaired) electrons. The van der Waals surface area contributed by atoms with Crippen molar-refractivity contribution < 1.29 is 0 Å². The molecule has 22 heavy (non-hydrogen) atoms. The van der Waals surface area contributed by atoms with Gasteiger partial charge in [-0.05, 0) is 0 Å². The molecule has 1 rings (SSSR count). The van der Waals surface area contributed by atoms with Crippen LogP contribution >= 0.6 is 0 Å².